The molecule has 1 N–H and O–H groups in total. The van der Waals surface area contributed by atoms with Gasteiger partial charge in [0.25, 0.3) is 5.91 Å². The second-order valence-corrected chi connectivity index (χ2v) is 4.83. The Balaban J connectivity index is 2.05. The van der Waals surface area contributed by atoms with Gasteiger partial charge in [0.1, 0.15) is 11.6 Å². The molecule has 1 amide bonds. The molecule has 0 saturated carbocycles. The second kappa shape index (κ2) is 6.88. The van der Waals surface area contributed by atoms with Gasteiger partial charge in [-0.2, -0.15) is 0 Å². The summed E-state index contributed by atoms with van der Waals surface area (Å²) < 4.78 is 18.8. The molecule has 2 aromatic carbocycles. The first-order valence-corrected chi connectivity index (χ1v) is 6.88. The topological polar surface area (TPSA) is 38.3 Å². The summed E-state index contributed by atoms with van der Waals surface area (Å²) >= 11 is 0. The molecule has 0 aliphatic rings. The Morgan fingerprint density at radius 2 is 2.00 bits per heavy atom. The van der Waals surface area contributed by atoms with E-state index in [2.05, 4.69) is 5.32 Å². The van der Waals surface area contributed by atoms with Gasteiger partial charge in [-0.15, -0.1) is 0 Å². The van der Waals surface area contributed by atoms with E-state index in [1.54, 1.807) is 12.1 Å². The van der Waals surface area contributed by atoms with E-state index in [1.807, 2.05) is 38.1 Å². The largest absolute Gasteiger partial charge is 0.481 e. The third-order valence-corrected chi connectivity index (χ3v) is 3.02. The number of ether oxygens (including phenoxy) is 1. The number of nitrogens with one attached hydrogen (secondary N) is 1. The van der Waals surface area contributed by atoms with Gasteiger partial charge in [0.2, 0.25) is 0 Å². The molecule has 0 fully saturated rings. The molecule has 0 radical (unpaired) electrons. The lowest BCUT2D eigenvalue weighted by atomic mass is 10.2. The van der Waals surface area contributed by atoms with Gasteiger partial charge in [0, 0.05) is 5.69 Å². The average molecular weight is 287 g/mol. The molecule has 0 unspecified atom stereocenters. The third kappa shape index (κ3) is 4.31. The summed E-state index contributed by atoms with van der Waals surface area (Å²) in [4.78, 5) is 12.2. The van der Waals surface area contributed by atoms with E-state index in [0.717, 1.165) is 5.56 Å². The van der Waals surface area contributed by atoms with Crippen LogP contribution in [0.3, 0.4) is 0 Å². The standard InChI is InChI=1S/C17H18FNO2/c1-3-16(21-15-9-4-6-12(2)10-15)17(20)19-14-8-5-7-13(18)11-14/h4-11,16H,3H2,1-2H3,(H,19,20)/t16-/m1/s1. The molecule has 1 atom stereocenters. The zero-order chi connectivity index (χ0) is 15.2. The van der Waals surface area contributed by atoms with Gasteiger partial charge >= 0.3 is 0 Å². The fourth-order valence-corrected chi connectivity index (χ4v) is 1.96. The predicted octanol–water partition coefficient (Wildman–Crippen LogP) is 3.93. The van der Waals surface area contributed by atoms with Crippen molar-refractivity contribution in [3.05, 3.63) is 59.9 Å². The number of anilines is 1. The van der Waals surface area contributed by atoms with Crippen LogP contribution in [0.2, 0.25) is 0 Å². The fourth-order valence-electron chi connectivity index (χ4n) is 1.96. The van der Waals surface area contributed by atoms with Crippen molar-refractivity contribution >= 4 is 11.6 Å². The maximum atomic E-state index is 13.1. The quantitative estimate of drug-likeness (QED) is 0.905. The Labute approximate surface area is 123 Å². The number of hydrogen-bond acceptors (Lipinski definition) is 2. The summed E-state index contributed by atoms with van der Waals surface area (Å²) in [6, 6.07) is 13.3. The molecule has 0 aromatic heterocycles. The van der Waals surface area contributed by atoms with Crippen LogP contribution >= 0.6 is 0 Å². The fraction of sp³-hybridized carbons (Fsp3) is 0.235. The van der Waals surface area contributed by atoms with Crippen LogP contribution in [0.25, 0.3) is 0 Å². The SMILES string of the molecule is CC[C@@H](Oc1cccc(C)c1)C(=O)Nc1cccc(F)c1. The van der Waals surface area contributed by atoms with E-state index in [1.165, 1.54) is 12.1 Å². The van der Waals surface area contributed by atoms with Crippen LogP contribution in [0, 0.1) is 12.7 Å². The maximum absolute atomic E-state index is 13.1. The van der Waals surface area contributed by atoms with Gasteiger partial charge in [-0.05, 0) is 49.2 Å². The van der Waals surface area contributed by atoms with Crippen LogP contribution in [0.4, 0.5) is 10.1 Å². The molecule has 21 heavy (non-hydrogen) atoms. The zero-order valence-corrected chi connectivity index (χ0v) is 12.1. The van der Waals surface area contributed by atoms with E-state index in [9.17, 15) is 9.18 Å². The lowest BCUT2D eigenvalue weighted by Gasteiger charge is -2.17. The minimum Gasteiger partial charge on any atom is -0.481 e. The van der Waals surface area contributed by atoms with Crippen molar-refractivity contribution in [3.8, 4) is 5.75 Å². The number of carbonyl (C=O) groups is 1. The number of halogens is 1. The van der Waals surface area contributed by atoms with Crippen LogP contribution in [0.15, 0.2) is 48.5 Å². The minimum absolute atomic E-state index is 0.287. The lowest BCUT2D eigenvalue weighted by molar-refractivity contribution is -0.122. The van der Waals surface area contributed by atoms with Gasteiger partial charge in [0.15, 0.2) is 6.10 Å². The molecule has 0 aliphatic heterocycles. The molecular formula is C17H18FNO2. The number of hydrogen-bond donors (Lipinski definition) is 1. The van der Waals surface area contributed by atoms with Gasteiger partial charge in [-0.25, -0.2) is 4.39 Å². The van der Waals surface area contributed by atoms with E-state index in [-0.39, 0.29) is 11.7 Å². The van der Waals surface area contributed by atoms with Crippen LogP contribution in [-0.4, -0.2) is 12.0 Å². The van der Waals surface area contributed by atoms with Gasteiger partial charge in [-0.3, -0.25) is 4.79 Å². The first-order chi connectivity index (χ1) is 10.1. The molecule has 110 valence electrons. The van der Waals surface area contributed by atoms with Crippen molar-refractivity contribution < 1.29 is 13.9 Å². The predicted molar refractivity (Wildman–Crippen MR) is 80.9 cm³/mol. The molecule has 0 spiro atoms. The summed E-state index contributed by atoms with van der Waals surface area (Å²) in [5.74, 6) is -0.0266. The Morgan fingerprint density at radius 1 is 1.24 bits per heavy atom. The van der Waals surface area contributed by atoms with Crippen molar-refractivity contribution in [2.75, 3.05) is 5.32 Å². The molecule has 0 saturated heterocycles. The first-order valence-electron chi connectivity index (χ1n) is 6.88. The highest BCUT2D eigenvalue weighted by Crippen LogP contribution is 2.17. The monoisotopic (exact) mass is 287 g/mol. The molecule has 3 nitrogen and oxygen atoms in total. The molecule has 0 bridgehead atoms. The highest BCUT2D eigenvalue weighted by atomic mass is 19.1. The molecule has 0 aliphatic carbocycles. The van der Waals surface area contributed by atoms with Crippen molar-refractivity contribution in [2.45, 2.75) is 26.4 Å². The molecular weight excluding hydrogens is 269 g/mol. The Kier molecular flexibility index (Phi) is 4.93. The normalized spacial score (nSPS) is 11.8. The van der Waals surface area contributed by atoms with Crippen molar-refractivity contribution in [2.24, 2.45) is 0 Å². The number of carbonyl (C=O) groups excluding carboxylic acids is 1. The molecule has 2 rings (SSSR count). The average Bonchev–Trinajstić information content (AvgIpc) is 2.44. The number of amides is 1. The van der Waals surface area contributed by atoms with Gasteiger partial charge in [0.05, 0.1) is 0 Å². The third-order valence-electron chi connectivity index (χ3n) is 3.02. The number of benzene rings is 2. The Morgan fingerprint density at radius 3 is 2.67 bits per heavy atom. The highest BCUT2D eigenvalue weighted by Gasteiger charge is 2.18. The Hall–Kier alpha value is -2.36. The van der Waals surface area contributed by atoms with Crippen LogP contribution in [0.1, 0.15) is 18.9 Å². The van der Waals surface area contributed by atoms with Crippen LogP contribution in [-0.2, 0) is 4.79 Å². The van der Waals surface area contributed by atoms with E-state index >= 15 is 0 Å². The van der Waals surface area contributed by atoms with Crippen LogP contribution < -0.4 is 10.1 Å². The lowest BCUT2D eigenvalue weighted by Crippen LogP contribution is -2.32. The van der Waals surface area contributed by atoms with Crippen molar-refractivity contribution in [1.29, 1.82) is 0 Å². The smallest absolute Gasteiger partial charge is 0.265 e. The summed E-state index contributed by atoms with van der Waals surface area (Å²) in [5, 5.41) is 2.66. The van der Waals surface area contributed by atoms with Crippen LogP contribution in [0.5, 0.6) is 5.75 Å². The number of aryl methyl sites for hydroxylation is 1. The summed E-state index contributed by atoms with van der Waals surface area (Å²) in [6.45, 7) is 3.83. The maximum Gasteiger partial charge on any atom is 0.265 e. The number of rotatable bonds is 5. The van der Waals surface area contributed by atoms with Crippen molar-refractivity contribution in [3.63, 3.8) is 0 Å². The molecule has 2 aromatic rings. The summed E-state index contributed by atoms with van der Waals surface area (Å²) in [7, 11) is 0. The van der Waals surface area contributed by atoms with E-state index < -0.39 is 6.10 Å². The van der Waals surface area contributed by atoms with E-state index in [4.69, 9.17) is 4.74 Å². The van der Waals surface area contributed by atoms with Gasteiger partial charge < -0.3 is 10.1 Å². The van der Waals surface area contributed by atoms with Crippen molar-refractivity contribution in [1.82, 2.24) is 0 Å². The van der Waals surface area contributed by atoms with E-state index in [0.29, 0.717) is 17.9 Å². The zero-order valence-electron chi connectivity index (χ0n) is 12.1. The molecule has 0 heterocycles. The minimum atomic E-state index is -0.616. The highest BCUT2D eigenvalue weighted by molar-refractivity contribution is 5.94. The molecule has 4 heteroatoms. The second-order valence-electron chi connectivity index (χ2n) is 4.83. The van der Waals surface area contributed by atoms with Gasteiger partial charge in [-0.1, -0.05) is 25.1 Å². The summed E-state index contributed by atoms with van der Waals surface area (Å²) in [5.41, 5.74) is 1.49. The Bertz CT molecular complexity index is 628. The summed E-state index contributed by atoms with van der Waals surface area (Å²) in [6.07, 6.45) is -0.0928. The first kappa shape index (κ1) is 15.0.